The van der Waals surface area contributed by atoms with Crippen LogP contribution in [0.1, 0.15) is 5.56 Å². The minimum atomic E-state index is -0.363. The Labute approximate surface area is 106 Å². The fourth-order valence-electron chi connectivity index (χ4n) is 1.30. The first kappa shape index (κ1) is 11.1. The van der Waals surface area contributed by atoms with Crippen LogP contribution in [-0.4, -0.2) is 22.5 Å². The first-order valence-corrected chi connectivity index (χ1v) is 5.67. The highest BCUT2D eigenvalue weighted by molar-refractivity contribution is 14.1. The molecule has 5 heteroatoms. The molecule has 0 aliphatic carbocycles. The van der Waals surface area contributed by atoms with Crippen LogP contribution >= 0.6 is 22.6 Å². The molecule has 0 amide bonds. The minimum absolute atomic E-state index is 0.363. The molecule has 0 saturated carbocycles. The number of rotatable bonds is 2. The van der Waals surface area contributed by atoms with E-state index in [9.17, 15) is 4.79 Å². The number of imidazole rings is 1. The lowest BCUT2D eigenvalue weighted by Gasteiger charge is -1.95. The predicted octanol–water partition coefficient (Wildman–Crippen LogP) is 2.13. The maximum Gasteiger partial charge on any atom is 0.330 e. The molecule has 2 aromatic heterocycles. The van der Waals surface area contributed by atoms with Gasteiger partial charge >= 0.3 is 5.97 Å². The van der Waals surface area contributed by atoms with E-state index in [2.05, 4.69) is 32.3 Å². The maximum absolute atomic E-state index is 10.9. The molecule has 0 aliphatic heterocycles. The Hall–Kier alpha value is -1.37. The Morgan fingerprint density at radius 2 is 2.44 bits per heavy atom. The highest BCUT2D eigenvalue weighted by atomic mass is 127. The lowest BCUT2D eigenvalue weighted by molar-refractivity contribution is -0.134. The normalized spacial score (nSPS) is 11.1. The van der Waals surface area contributed by atoms with Gasteiger partial charge in [-0.05, 0) is 46.4 Å². The second kappa shape index (κ2) is 4.65. The van der Waals surface area contributed by atoms with E-state index in [1.54, 1.807) is 6.08 Å². The third-order valence-corrected chi connectivity index (χ3v) is 2.59. The Balaban J connectivity index is 2.32. The lowest BCUT2D eigenvalue weighted by atomic mass is 10.2. The van der Waals surface area contributed by atoms with E-state index in [0.29, 0.717) is 0 Å². The number of halogens is 1. The number of hydrogen-bond donors (Lipinski definition) is 0. The Bertz CT molecular complexity index is 560. The minimum Gasteiger partial charge on any atom is -0.466 e. The molecule has 2 heterocycles. The van der Waals surface area contributed by atoms with Crippen LogP contribution in [0, 0.1) is 3.70 Å². The monoisotopic (exact) mass is 328 g/mol. The number of carbonyl (C=O) groups is 1. The number of pyridine rings is 1. The molecule has 0 fully saturated rings. The van der Waals surface area contributed by atoms with Crippen LogP contribution in [0.15, 0.2) is 30.6 Å². The molecule has 0 saturated heterocycles. The SMILES string of the molecule is COC(=O)/C=C/c1ccn2cc(I)nc2c1. The molecule has 4 nitrogen and oxygen atoms in total. The number of methoxy groups -OCH3 is 1. The average Bonchev–Trinajstić information content (AvgIpc) is 2.65. The first-order valence-electron chi connectivity index (χ1n) is 4.59. The number of carbonyl (C=O) groups excluding carboxylic acids is 1. The van der Waals surface area contributed by atoms with Crippen LogP contribution < -0.4 is 0 Å². The summed E-state index contributed by atoms with van der Waals surface area (Å²) in [5.74, 6) is -0.363. The van der Waals surface area contributed by atoms with Gasteiger partial charge in [-0.3, -0.25) is 0 Å². The molecular weight excluding hydrogens is 319 g/mol. The summed E-state index contributed by atoms with van der Waals surface area (Å²) in [6.07, 6.45) is 6.93. The first-order chi connectivity index (χ1) is 7.69. The summed E-state index contributed by atoms with van der Waals surface area (Å²) in [6, 6.07) is 3.81. The van der Waals surface area contributed by atoms with Gasteiger partial charge in [0.2, 0.25) is 0 Å². The molecule has 0 bridgehead atoms. The van der Waals surface area contributed by atoms with Gasteiger partial charge in [-0.2, -0.15) is 0 Å². The van der Waals surface area contributed by atoms with Crippen LogP contribution in [0.2, 0.25) is 0 Å². The van der Waals surface area contributed by atoms with Crippen molar-refractivity contribution in [2.24, 2.45) is 0 Å². The van der Waals surface area contributed by atoms with Crippen molar-refractivity contribution in [2.45, 2.75) is 0 Å². The molecule has 0 atom stereocenters. The second-order valence-electron chi connectivity index (χ2n) is 3.15. The van der Waals surface area contributed by atoms with E-state index in [-0.39, 0.29) is 5.97 Å². The zero-order valence-electron chi connectivity index (χ0n) is 8.55. The van der Waals surface area contributed by atoms with E-state index in [0.717, 1.165) is 14.9 Å². The van der Waals surface area contributed by atoms with Crippen molar-refractivity contribution < 1.29 is 9.53 Å². The van der Waals surface area contributed by atoms with E-state index < -0.39 is 0 Å². The van der Waals surface area contributed by atoms with Crippen LogP contribution in [0.5, 0.6) is 0 Å². The number of aromatic nitrogens is 2. The van der Waals surface area contributed by atoms with Gasteiger partial charge in [0.25, 0.3) is 0 Å². The molecule has 0 aromatic carbocycles. The molecule has 0 unspecified atom stereocenters. The third kappa shape index (κ3) is 2.41. The van der Waals surface area contributed by atoms with Crippen LogP contribution in [0.4, 0.5) is 0 Å². The standard InChI is InChI=1S/C11H9IN2O2/c1-16-11(15)3-2-8-4-5-14-7-9(12)13-10(14)6-8/h2-7H,1H3/b3-2+. The fourth-order valence-corrected chi connectivity index (χ4v) is 1.85. The number of fused-ring (bicyclic) bond motifs is 1. The van der Waals surface area contributed by atoms with E-state index in [1.165, 1.54) is 13.2 Å². The number of ether oxygens (including phenoxy) is 1. The summed E-state index contributed by atoms with van der Waals surface area (Å²) in [7, 11) is 1.35. The molecule has 0 radical (unpaired) electrons. The number of esters is 1. The fraction of sp³-hybridized carbons (Fsp3) is 0.0909. The quantitative estimate of drug-likeness (QED) is 0.482. The molecule has 2 aromatic rings. The van der Waals surface area contributed by atoms with Crippen LogP contribution in [-0.2, 0) is 9.53 Å². The van der Waals surface area contributed by atoms with Gasteiger partial charge in [-0.15, -0.1) is 0 Å². The Morgan fingerprint density at radius 1 is 1.62 bits per heavy atom. The number of hydrogen-bond acceptors (Lipinski definition) is 3. The van der Waals surface area contributed by atoms with Crippen molar-refractivity contribution >= 4 is 40.3 Å². The molecular formula is C11H9IN2O2. The van der Waals surface area contributed by atoms with Gasteiger partial charge < -0.3 is 9.14 Å². The largest absolute Gasteiger partial charge is 0.466 e. The van der Waals surface area contributed by atoms with Crippen molar-refractivity contribution in [3.05, 3.63) is 39.9 Å². The summed E-state index contributed by atoms with van der Waals surface area (Å²) in [4.78, 5) is 15.2. The Morgan fingerprint density at radius 3 is 3.19 bits per heavy atom. The topological polar surface area (TPSA) is 43.6 Å². The van der Waals surface area contributed by atoms with Crippen molar-refractivity contribution in [2.75, 3.05) is 7.11 Å². The van der Waals surface area contributed by atoms with Crippen molar-refractivity contribution in [3.8, 4) is 0 Å². The van der Waals surface area contributed by atoms with Gasteiger partial charge in [-0.1, -0.05) is 0 Å². The van der Waals surface area contributed by atoms with Gasteiger partial charge in [0.1, 0.15) is 9.35 Å². The van der Waals surface area contributed by atoms with E-state index in [4.69, 9.17) is 0 Å². The smallest absolute Gasteiger partial charge is 0.330 e. The Kier molecular flexibility index (Phi) is 3.23. The van der Waals surface area contributed by atoms with Gasteiger partial charge in [0.15, 0.2) is 0 Å². The van der Waals surface area contributed by atoms with Crippen molar-refractivity contribution in [1.29, 1.82) is 0 Å². The molecule has 0 aliphatic rings. The van der Waals surface area contributed by atoms with Gasteiger partial charge in [0.05, 0.1) is 7.11 Å². The summed E-state index contributed by atoms with van der Waals surface area (Å²) in [6.45, 7) is 0. The zero-order valence-corrected chi connectivity index (χ0v) is 10.7. The molecule has 0 spiro atoms. The van der Waals surface area contributed by atoms with Crippen LogP contribution in [0.25, 0.3) is 11.7 Å². The summed E-state index contributed by atoms with van der Waals surface area (Å²) in [5.41, 5.74) is 1.77. The summed E-state index contributed by atoms with van der Waals surface area (Å²) in [5, 5.41) is 0. The average molecular weight is 328 g/mol. The predicted molar refractivity (Wildman–Crippen MR) is 69.0 cm³/mol. The summed E-state index contributed by atoms with van der Waals surface area (Å²) < 4.78 is 7.38. The molecule has 82 valence electrons. The molecule has 2 rings (SSSR count). The van der Waals surface area contributed by atoms with Crippen molar-refractivity contribution in [1.82, 2.24) is 9.38 Å². The second-order valence-corrected chi connectivity index (χ2v) is 4.25. The van der Waals surface area contributed by atoms with E-state index in [1.807, 2.05) is 28.9 Å². The van der Waals surface area contributed by atoms with E-state index >= 15 is 0 Å². The lowest BCUT2D eigenvalue weighted by Crippen LogP contribution is -1.93. The highest BCUT2D eigenvalue weighted by Crippen LogP contribution is 2.10. The zero-order chi connectivity index (χ0) is 11.5. The summed E-state index contributed by atoms with van der Waals surface area (Å²) >= 11 is 2.16. The van der Waals surface area contributed by atoms with Gasteiger partial charge in [0, 0.05) is 18.5 Å². The number of nitrogens with zero attached hydrogens (tertiary/aromatic N) is 2. The van der Waals surface area contributed by atoms with Crippen LogP contribution in [0.3, 0.4) is 0 Å². The van der Waals surface area contributed by atoms with Crippen molar-refractivity contribution in [3.63, 3.8) is 0 Å². The van der Waals surface area contributed by atoms with Gasteiger partial charge in [-0.25, -0.2) is 9.78 Å². The maximum atomic E-state index is 10.9. The molecule has 16 heavy (non-hydrogen) atoms. The third-order valence-electron chi connectivity index (χ3n) is 2.07. The molecule has 0 N–H and O–H groups in total. The highest BCUT2D eigenvalue weighted by Gasteiger charge is 1.99.